The van der Waals surface area contributed by atoms with Gasteiger partial charge in [-0.1, -0.05) is 31.2 Å². The molecule has 0 saturated heterocycles. The molecular weight excluding hydrogens is 478 g/mol. The summed E-state index contributed by atoms with van der Waals surface area (Å²) >= 11 is 0.768. The number of hydrogen-bond acceptors (Lipinski definition) is 7. The first-order valence-corrected chi connectivity index (χ1v) is 12.2. The number of carbonyl (C=O) groups excluding carboxylic acids is 3. The second kappa shape index (κ2) is 10.8. The number of rotatable bonds is 8. The number of nitrogens with two attached hydrogens (primary N) is 2. The number of primary amides is 1. The standard InChI is InChI=1S/C26H31N5O4S/c1-6-15-7-11-17(12-8-15)31(25(34)22-19(27)20(23(28)32)30-36-22)21(24(33)29-26(2,3)4)16-9-13-18(35-5)14-10-16/h7-14,21H,6,27H2,1-5H3,(H2,28,32)(H,29,33)/t21-/m0/s1. The number of ether oxygens (including phenoxy) is 1. The molecule has 9 nitrogen and oxygen atoms in total. The summed E-state index contributed by atoms with van der Waals surface area (Å²) in [6, 6.07) is 13.2. The Labute approximate surface area is 214 Å². The summed E-state index contributed by atoms with van der Waals surface area (Å²) in [6.07, 6.45) is 0.810. The van der Waals surface area contributed by atoms with Gasteiger partial charge in [0.2, 0.25) is 5.91 Å². The number of benzene rings is 2. The normalized spacial score (nSPS) is 12.0. The van der Waals surface area contributed by atoms with Gasteiger partial charge in [0.15, 0.2) is 5.69 Å². The SMILES string of the molecule is CCc1ccc(N(C(=O)c2snc(C(N)=O)c2N)[C@H](C(=O)NC(C)(C)C)c2ccc(OC)cc2)cc1. The maximum atomic E-state index is 14.0. The minimum Gasteiger partial charge on any atom is -0.497 e. The first-order chi connectivity index (χ1) is 17.0. The van der Waals surface area contributed by atoms with Gasteiger partial charge in [-0.3, -0.25) is 19.3 Å². The highest BCUT2D eigenvalue weighted by Crippen LogP contribution is 2.34. The van der Waals surface area contributed by atoms with Crippen LogP contribution in [0.25, 0.3) is 0 Å². The van der Waals surface area contributed by atoms with Crippen LogP contribution in [0.1, 0.15) is 65.0 Å². The predicted molar refractivity (Wildman–Crippen MR) is 141 cm³/mol. The number of hydrogen-bond donors (Lipinski definition) is 3. The van der Waals surface area contributed by atoms with Gasteiger partial charge < -0.3 is 21.5 Å². The van der Waals surface area contributed by atoms with Gasteiger partial charge >= 0.3 is 0 Å². The zero-order valence-electron chi connectivity index (χ0n) is 21.0. The van der Waals surface area contributed by atoms with Crippen LogP contribution in [0.4, 0.5) is 11.4 Å². The van der Waals surface area contributed by atoms with E-state index in [0.29, 0.717) is 17.0 Å². The molecule has 10 heteroatoms. The van der Waals surface area contributed by atoms with Crippen molar-refractivity contribution in [2.45, 2.75) is 45.7 Å². The second-order valence-electron chi connectivity index (χ2n) is 9.25. The van der Waals surface area contributed by atoms with Gasteiger partial charge in [-0.2, -0.15) is 4.37 Å². The Balaban J connectivity index is 2.23. The highest BCUT2D eigenvalue weighted by Gasteiger charge is 2.37. The summed E-state index contributed by atoms with van der Waals surface area (Å²) in [5.74, 6) is -1.19. The van der Waals surface area contributed by atoms with Crippen LogP contribution in [0.3, 0.4) is 0 Å². The summed E-state index contributed by atoms with van der Waals surface area (Å²) in [4.78, 5) is 40.9. The number of aryl methyl sites for hydroxylation is 1. The van der Waals surface area contributed by atoms with Crippen LogP contribution in [0.15, 0.2) is 48.5 Å². The van der Waals surface area contributed by atoms with Gasteiger partial charge in [-0.15, -0.1) is 0 Å². The molecule has 1 heterocycles. The van der Waals surface area contributed by atoms with E-state index in [-0.39, 0.29) is 16.3 Å². The number of aromatic nitrogens is 1. The molecule has 36 heavy (non-hydrogen) atoms. The Bertz CT molecular complexity index is 1250. The maximum Gasteiger partial charge on any atom is 0.273 e. The Hall–Kier alpha value is -3.92. The smallest absolute Gasteiger partial charge is 0.273 e. The lowest BCUT2D eigenvalue weighted by atomic mass is 10.00. The fourth-order valence-electron chi connectivity index (χ4n) is 3.66. The summed E-state index contributed by atoms with van der Waals surface area (Å²) in [5.41, 5.74) is 12.7. The van der Waals surface area contributed by atoms with E-state index in [4.69, 9.17) is 16.2 Å². The van der Waals surface area contributed by atoms with E-state index < -0.39 is 29.3 Å². The van der Waals surface area contributed by atoms with E-state index in [0.717, 1.165) is 23.5 Å². The molecule has 0 bridgehead atoms. The third-order valence-electron chi connectivity index (χ3n) is 5.43. The maximum absolute atomic E-state index is 14.0. The summed E-state index contributed by atoms with van der Waals surface area (Å²) in [5, 5.41) is 2.98. The third-order valence-corrected chi connectivity index (χ3v) is 6.28. The monoisotopic (exact) mass is 509 g/mol. The van der Waals surface area contributed by atoms with Crippen molar-refractivity contribution in [2.75, 3.05) is 17.7 Å². The zero-order valence-corrected chi connectivity index (χ0v) is 21.8. The van der Waals surface area contributed by atoms with Crippen molar-refractivity contribution < 1.29 is 19.1 Å². The zero-order chi connectivity index (χ0) is 26.6. The Morgan fingerprint density at radius 1 is 1.08 bits per heavy atom. The van der Waals surface area contributed by atoms with Gasteiger partial charge in [0.25, 0.3) is 11.8 Å². The molecule has 0 fully saturated rings. The number of anilines is 2. The van der Waals surface area contributed by atoms with Crippen LogP contribution in [0, 0.1) is 0 Å². The molecule has 3 aromatic rings. The third kappa shape index (κ3) is 5.83. The van der Waals surface area contributed by atoms with Crippen LogP contribution in [0.2, 0.25) is 0 Å². The van der Waals surface area contributed by atoms with Gasteiger partial charge in [0.05, 0.1) is 12.8 Å². The molecule has 1 aromatic heterocycles. The second-order valence-corrected chi connectivity index (χ2v) is 10.0. The highest BCUT2D eigenvalue weighted by molar-refractivity contribution is 7.09. The lowest BCUT2D eigenvalue weighted by Crippen LogP contribution is -2.49. The highest BCUT2D eigenvalue weighted by atomic mass is 32.1. The van der Waals surface area contributed by atoms with Crippen molar-refractivity contribution in [3.8, 4) is 5.75 Å². The Morgan fingerprint density at radius 2 is 1.69 bits per heavy atom. The molecule has 2 aromatic carbocycles. The first-order valence-electron chi connectivity index (χ1n) is 11.4. The summed E-state index contributed by atoms with van der Waals surface area (Å²) < 4.78 is 9.25. The molecule has 0 aliphatic carbocycles. The van der Waals surface area contributed by atoms with Crippen LogP contribution in [0.5, 0.6) is 5.75 Å². The van der Waals surface area contributed by atoms with Gasteiger partial charge in [-0.05, 0) is 74.1 Å². The van der Waals surface area contributed by atoms with E-state index >= 15 is 0 Å². The molecule has 0 spiro atoms. The van der Waals surface area contributed by atoms with E-state index in [2.05, 4.69) is 9.69 Å². The fourth-order valence-corrected chi connectivity index (χ4v) is 4.40. The lowest BCUT2D eigenvalue weighted by molar-refractivity contribution is -0.123. The molecule has 0 radical (unpaired) electrons. The topological polar surface area (TPSA) is 141 Å². The molecule has 3 amide bonds. The number of methoxy groups -OCH3 is 1. The van der Waals surface area contributed by atoms with Crippen molar-refractivity contribution in [1.29, 1.82) is 0 Å². The molecule has 190 valence electrons. The quantitative estimate of drug-likeness (QED) is 0.423. The lowest BCUT2D eigenvalue weighted by Gasteiger charge is -2.33. The summed E-state index contributed by atoms with van der Waals surface area (Å²) in [6.45, 7) is 7.60. The minimum atomic E-state index is -1.06. The molecular formula is C26H31N5O4S. The molecule has 0 unspecified atom stereocenters. The largest absolute Gasteiger partial charge is 0.497 e. The van der Waals surface area contributed by atoms with Crippen molar-refractivity contribution in [1.82, 2.24) is 9.69 Å². The number of amides is 3. The van der Waals surface area contributed by atoms with E-state index in [9.17, 15) is 14.4 Å². The number of nitrogens with zero attached hydrogens (tertiary/aromatic N) is 2. The van der Waals surface area contributed by atoms with Crippen molar-refractivity contribution in [3.63, 3.8) is 0 Å². The first kappa shape index (κ1) is 26.7. The fraction of sp³-hybridized carbons (Fsp3) is 0.308. The molecule has 5 N–H and O–H groups in total. The van der Waals surface area contributed by atoms with Crippen LogP contribution in [-0.2, 0) is 11.2 Å². The number of carbonyl (C=O) groups is 3. The average molecular weight is 510 g/mol. The minimum absolute atomic E-state index is 0.0189. The van der Waals surface area contributed by atoms with Crippen LogP contribution < -0.4 is 26.4 Å². The van der Waals surface area contributed by atoms with Gasteiger partial charge in [0.1, 0.15) is 16.7 Å². The van der Waals surface area contributed by atoms with E-state index in [1.807, 2.05) is 39.8 Å². The summed E-state index contributed by atoms with van der Waals surface area (Å²) in [7, 11) is 1.55. The molecule has 0 aliphatic heterocycles. The average Bonchev–Trinajstić information content (AvgIpc) is 3.22. The number of nitrogen functional groups attached to an aromatic ring is 1. The molecule has 0 aliphatic rings. The Morgan fingerprint density at radius 3 is 2.17 bits per heavy atom. The molecule has 3 rings (SSSR count). The van der Waals surface area contributed by atoms with Crippen molar-refractivity contribution in [3.05, 3.63) is 70.2 Å². The van der Waals surface area contributed by atoms with Crippen LogP contribution >= 0.6 is 11.5 Å². The van der Waals surface area contributed by atoms with Crippen molar-refractivity contribution in [2.24, 2.45) is 5.73 Å². The van der Waals surface area contributed by atoms with Gasteiger partial charge in [-0.25, -0.2) is 0 Å². The van der Waals surface area contributed by atoms with Gasteiger partial charge in [0, 0.05) is 11.2 Å². The molecule has 1 atom stereocenters. The van der Waals surface area contributed by atoms with E-state index in [1.165, 1.54) is 4.90 Å². The molecule has 0 saturated carbocycles. The number of nitrogens with one attached hydrogen (secondary N) is 1. The predicted octanol–water partition coefficient (Wildman–Crippen LogP) is 3.70. The van der Waals surface area contributed by atoms with E-state index in [1.54, 1.807) is 43.5 Å². The Kier molecular flexibility index (Phi) is 7.99. The van der Waals surface area contributed by atoms with Crippen LogP contribution in [-0.4, -0.2) is 34.7 Å². The van der Waals surface area contributed by atoms with Crippen molar-refractivity contribution >= 4 is 40.6 Å².